The van der Waals surface area contributed by atoms with Gasteiger partial charge in [0.15, 0.2) is 0 Å². The third-order valence-corrected chi connectivity index (χ3v) is 2.74. The fourth-order valence-corrected chi connectivity index (χ4v) is 1.88. The fourth-order valence-electron chi connectivity index (χ4n) is 1.88. The van der Waals surface area contributed by atoms with E-state index in [2.05, 4.69) is 27.5 Å². The number of aromatic amines is 1. The normalized spacial score (nSPS) is 22.8. The van der Waals surface area contributed by atoms with Gasteiger partial charge in [-0.3, -0.25) is 5.10 Å². The second-order valence-electron chi connectivity index (χ2n) is 4.00. The van der Waals surface area contributed by atoms with E-state index in [4.69, 9.17) is 5.73 Å². The molecule has 0 aliphatic carbocycles. The lowest BCUT2D eigenvalue weighted by atomic mass is 10.1. The molecule has 78 valence electrons. The predicted molar refractivity (Wildman–Crippen MR) is 57.1 cm³/mol. The Bertz CT molecular complexity index is 295. The molecule has 0 saturated carbocycles. The number of aromatic nitrogens is 2. The summed E-state index contributed by atoms with van der Waals surface area (Å²) in [5, 5.41) is 9.88. The Kier molecular flexibility index (Phi) is 2.58. The van der Waals surface area contributed by atoms with Crippen molar-refractivity contribution in [2.75, 3.05) is 37.7 Å². The van der Waals surface area contributed by atoms with E-state index in [-0.39, 0.29) is 0 Å². The van der Waals surface area contributed by atoms with Crippen LogP contribution in [-0.2, 0) is 0 Å². The number of nitrogen functional groups attached to an aromatic ring is 1. The number of hydrogen-bond acceptors (Lipinski definition) is 4. The average molecular weight is 195 g/mol. The quantitative estimate of drug-likeness (QED) is 0.651. The minimum atomic E-state index is 0.622. The van der Waals surface area contributed by atoms with Crippen LogP contribution in [0.25, 0.3) is 0 Å². The SMILES string of the molecule is CN1CCC(CNc2cn[nH]c2N)C1. The van der Waals surface area contributed by atoms with Crippen molar-refractivity contribution < 1.29 is 0 Å². The van der Waals surface area contributed by atoms with Gasteiger partial charge in [-0.05, 0) is 25.9 Å². The molecule has 1 unspecified atom stereocenters. The van der Waals surface area contributed by atoms with E-state index >= 15 is 0 Å². The average Bonchev–Trinajstić information content (AvgIpc) is 2.72. The molecule has 0 amide bonds. The van der Waals surface area contributed by atoms with Crippen molar-refractivity contribution in [2.45, 2.75) is 6.42 Å². The van der Waals surface area contributed by atoms with Gasteiger partial charge in [0, 0.05) is 13.1 Å². The van der Waals surface area contributed by atoms with Gasteiger partial charge in [0.2, 0.25) is 0 Å². The first kappa shape index (κ1) is 9.33. The summed E-state index contributed by atoms with van der Waals surface area (Å²) in [4.78, 5) is 2.35. The van der Waals surface area contributed by atoms with Gasteiger partial charge < -0.3 is 16.0 Å². The van der Waals surface area contributed by atoms with Crippen LogP contribution in [0.15, 0.2) is 6.20 Å². The van der Waals surface area contributed by atoms with Crippen LogP contribution < -0.4 is 11.1 Å². The molecule has 1 aliphatic rings. The Morgan fingerprint density at radius 1 is 1.79 bits per heavy atom. The Hall–Kier alpha value is -1.23. The Morgan fingerprint density at radius 3 is 3.21 bits per heavy atom. The van der Waals surface area contributed by atoms with Crippen LogP contribution >= 0.6 is 0 Å². The molecule has 5 heteroatoms. The van der Waals surface area contributed by atoms with Crippen molar-refractivity contribution in [1.82, 2.24) is 15.1 Å². The number of hydrogen-bond donors (Lipinski definition) is 3. The number of anilines is 2. The number of nitrogens with one attached hydrogen (secondary N) is 2. The summed E-state index contributed by atoms with van der Waals surface area (Å²) < 4.78 is 0. The molecule has 0 spiro atoms. The smallest absolute Gasteiger partial charge is 0.142 e. The molecule has 4 N–H and O–H groups in total. The highest BCUT2D eigenvalue weighted by molar-refractivity contribution is 5.59. The van der Waals surface area contributed by atoms with E-state index in [0.29, 0.717) is 5.82 Å². The van der Waals surface area contributed by atoms with Crippen LogP contribution in [0.4, 0.5) is 11.5 Å². The summed E-state index contributed by atoms with van der Waals surface area (Å²) in [6.07, 6.45) is 3.00. The van der Waals surface area contributed by atoms with Gasteiger partial charge in [-0.1, -0.05) is 0 Å². The molecule has 1 aromatic heterocycles. The van der Waals surface area contributed by atoms with Crippen LogP contribution in [0.3, 0.4) is 0 Å². The van der Waals surface area contributed by atoms with Crippen molar-refractivity contribution in [1.29, 1.82) is 0 Å². The lowest BCUT2D eigenvalue weighted by molar-refractivity contribution is 0.399. The molecular formula is C9H17N5. The van der Waals surface area contributed by atoms with Crippen LogP contribution in [0.5, 0.6) is 0 Å². The predicted octanol–water partition coefficient (Wildman–Crippen LogP) is 0.356. The van der Waals surface area contributed by atoms with E-state index in [1.54, 1.807) is 6.20 Å². The van der Waals surface area contributed by atoms with Crippen molar-refractivity contribution in [2.24, 2.45) is 5.92 Å². The lowest BCUT2D eigenvalue weighted by Gasteiger charge is -2.11. The van der Waals surface area contributed by atoms with E-state index in [1.165, 1.54) is 19.5 Å². The van der Waals surface area contributed by atoms with Crippen LogP contribution in [0.1, 0.15) is 6.42 Å². The second-order valence-corrected chi connectivity index (χ2v) is 4.00. The van der Waals surface area contributed by atoms with Crippen molar-refractivity contribution >= 4 is 11.5 Å². The Balaban J connectivity index is 1.80. The number of nitrogens with two attached hydrogens (primary N) is 1. The first-order valence-corrected chi connectivity index (χ1v) is 4.97. The molecule has 0 radical (unpaired) electrons. The van der Waals surface area contributed by atoms with Crippen molar-refractivity contribution in [3.8, 4) is 0 Å². The zero-order valence-electron chi connectivity index (χ0n) is 8.45. The fraction of sp³-hybridized carbons (Fsp3) is 0.667. The number of nitrogens with zero attached hydrogens (tertiary/aromatic N) is 2. The Labute approximate surface area is 83.7 Å². The molecule has 14 heavy (non-hydrogen) atoms. The highest BCUT2D eigenvalue weighted by Crippen LogP contribution is 2.17. The van der Waals surface area contributed by atoms with E-state index in [9.17, 15) is 0 Å². The molecule has 5 nitrogen and oxygen atoms in total. The van der Waals surface area contributed by atoms with Gasteiger partial charge in [0.1, 0.15) is 5.82 Å². The monoisotopic (exact) mass is 195 g/mol. The Morgan fingerprint density at radius 2 is 2.64 bits per heavy atom. The number of rotatable bonds is 3. The zero-order valence-corrected chi connectivity index (χ0v) is 8.45. The third-order valence-electron chi connectivity index (χ3n) is 2.74. The largest absolute Gasteiger partial charge is 0.382 e. The topological polar surface area (TPSA) is 70.0 Å². The van der Waals surface area contributed by atoms with Gasteiger partial charge >= 0.3 is 0 Å². The first-order chi connectivity index (χ1) is 6.75. The van der Waals surface area contributed by atoms with Gasteiger partial charge in [-0.15, -0.1) is 0 Å². The summed E-state index contributed by atoms with van der Waals surface area (Å²) >= 11 is 0. The minimum Gasteiger partial charge on any atom is -0.382 e. The molecule has 1 aliphatic heterocycles. The van der Waals surface area contributed by atoms with Crippen LogP contribution in [0.2, 0.25) is 0 Å². The maximum Gasteiger partial charge on any atom is 0.142 e. The summed E-state index contributed by atoms with van der Waals surface area (Å²) in [5.74, 6) is 1.35. The van der Waals surface area contributed by atoms with Gasteiger partial charge in [0.25, 0.3) is 0 Å². The molecule has 2 heterocycles. The second kappa shape index (κ2) is 3.88. The van der Waals surface area contributed by atoms with Crippen LogP contribution in [0, 0.1) is 5.92 Å². The molecule has 2 rings (SSSR count). The molecule has 0 aromatic carbocycles. The van der Waals surface area contributed by atoms with Gasteiger partial charge in [-0.25, -0.2) is 0 Å². The maximum atomic E-state index is 5.66. The van der Waals surface area contributed by atoms with Crippen molar-refractivity contribution in [3.05, 3.63) is 6.20 Å². The zero-order chi connectivity index (χ0) is 9.97. The summed E-state index contributed by atoms with van der Waals surface area (Å²) in [5.41, 5.74) is 6.58. The standard InChI is InChI=1S/C9H17N5/c1-14-3-2-7(6-14)4-11-8-5-12-13-9(8)10/h5,7,11H,2-4,6H2,1H3,(H3,10,12,13). The highest BCUT2D eigenvalue weighted by Gasteiger charge is 2.19. The van der Waals surface area contributed by atoms with E-state index < -0.39 is 0 Å². The van der Waals surface area contributed by atoms with E-state index in [0.717, 1.165) is 18.2 Å². The molecule has 1 saturated heterocycles. The third kappa shape index (κ3) is 1.98. The van der Waals surface area contributed by atoms with Gasteiger partial charge in [0.05, 0.1) is 11.9 Å². The summed E-state index contributed by atoms with van der Waals surface area (Å²) in [7, 11) is 2.16. The molecule has 1 fully saturated rings. The van der Waals surface area contributed by atoms with E-state index in [1.807, 2.05) is 0 Å². The molecule has 1 aromatic rings. The summed E-state index contributed by atoms with van der Waals surface area (Å²) in [6, 6.07) is 0. The molecule has 0 bridgehead atoms. The minimum absolute atomic E-state index is 0.622. The number of H-pyrrole nitrogens is 1. The van der Waals surface area contributed by atoms with Crippen molar-refractivity contribution in [3.63, 3.8) is 0 Å². The van der Waals surface area contributed by atoms with Gasteiger partial charge in [-0.2, -0.15) is 5.10 Å². The highest BCUT2D eigenvalue weighted by atomic mass is 15.2. The lowest BCUT2D eigenvalue weighted by Crippen LogP contribution is -2.19. The van der Waals surface area contributed by atoms with Crippen LogP contribution in [-0.4, -0.2) is 41.8 Å². The maximum absolute atomic E-state index is 5.66. The molecule has 1 atom stereocenters. The first-order valence-electron chi connectivity index (χ1n) is 4.97. The molecular weight excluding hydrogens is 178 g/mol. The number of likely N-dealkylation sites (tertiary alicyclic amines) is 1. The summed E-state index contributed by atoms with van der Waals surface area (Å²) in [6.45, 7) is 3.35.